The zero-order valence-corrected chi connectivity index (χ0v) is 15.1. The van der Waals surface area contributed by atoms with Crippen LogP contribution in [0.2, 0.25) is 0 Å². The van der Waals surface area contributed by atoms with Crippen LogP contribution in [-0.2, 0) is 6.11 Å². The summed E-state index contributed by atoms with van der Waals surface area (Å²) >= 11 is 3.17. The van der Waals surface area contributed by atoms with E-state index in [4.69, 9.17) is 0 Å². The Balaban J connectivity index is 1.98. The first-order valence-electron chi connectivity index (χ1n) is 7.56. The average Bonchev–Trinajstić information content (AvgIpc) is 2.62. The highest BCUT2D eigenvalue weighted by Crippen LogP contribution is 2.37. The fourth-order valence-corrected chi connectivity index (χ4v) is 2.69. The highest BCUT2D eigenvalue weighted by Gasteiger charge is 2.39. The molecule has 0 saturated carbocycles. The van der Waals surface area contributed by atoms with E-state index in [1.54, 1.807) is 12.1 Å². The molecule has 0 radical (unpaired) electrons. The highest BCUT2D eigenvalue weighted by molar-refractivity contribution is 9.10. The Morgan fingerprint density at radius 2 is 1.29 bits per heavy atom. The zero-order chi connectivity index (χ0) is 20.6. The number of benzene rings is 3. The lowest BCUT2D eigenvalue weighted by atomic mass is 10.0. The Kier molecular flexibility index (Phi) is 5.38. The lowest BCUT2D eigenvalue weighted by molar-refractivity contribution is -0.187. The summed E-state index contributed by atoms with van der Waals surface area (Å²) < 4.78 is 101. The van der Waals surface area contributed by atoms with Crippen LogP contribution in [0.4, 0.5) is 30.7 Å². The van der Waals surface area contributed by atoms with Crippen molar-refractivity contribution in [2.24, 2.45) is 0 Å². The summed E-state index contributed by atoms with van der Waals surface area (Å²) in [5.41, 5.74) is -1.53. The molecule has 28 heavy (non-hydrogen) atoms. The fraction of sp³-hybridized carbons (Fsp3) is 0.0526. The van der Waals surface area contributed by atoms with Gasteiger partial charge in [-0.25, -0.2) is 22.0 Å². The predicted molar refractivity (Wildman–Crippen MR) is 90.3 cm³/mol. The fourth-order valence-electron chi connectivity index (χ4n) is 2.42. The molecule has 0 unspecified atom stereocenters. The van der Waals surface area contributed by atoms with Gasteiger partial charge in [0, 0.05) is 22.2 Å². The largest absolute Gasteiger partial charge is 0.429 e. The van der Waals surface area contributed by atoms with Crippen LogP contribution in [0.1, 0.15) is 5.56 Å². The molecule has 0 amide bonds. The molecule has 0 bridgehead atoms. The lowest BCUT2D eigenvalue weighted by Gasteiger charge is -2.20. The lowest BCUT2D eigenvalue weighted by Crippen LogP contribution is -2.24. The number of alkyl halides is 2. The van der Waals surface area contributed by atoms with E-state index in [9.17, 15) is 30.7 Å². The summed E-state index contributed by atoms with van der Waals surface area (Å²) in [5.74, 6) is -9.98. The molecule has 0 heterocycles. The SMILES string of the molecule is Fc1cc(OC(F)(F)c2ccc(-c3ccc(Br)cc3)c(F)c2F)cc(F)c1F. The van der Waals surface area contributed by atoms with Crippen LogP contribution in [0.15, 0.2) is 53.0 Å². The summed E-state index contributed by atoms with van der Waals surface area (Å²) in [6.07, 6.45) is -4.49. The van der Waals surface area contributed by atoms with Crippen molar-refractivity contribution in [2.75, 3.05) is 0 Å². The molecular formula is C19H8BrF7O. The van der Waals surface area contributed by atoms with E-state index >= 15 is 0 Å². The van der Waals surface area contributed by atoms with Gasteiger partial charge in [-0.15, -0.1) is 0 Å². The highest BCUT2D eigenvalue weighted by atomic mass is 79.9. The van der Waals surface area contributed by atoms with Gasteiger partial charge in [-0.1, -0.05) is 34.1 Å². The third-order valence-corrected chi connectivity index (χ3v) is 4.28. The van der Waals surface area contributed by atoms with Crippen LogP contribution >= 0.6 is 15.9 Å². The third-order valence-electron chi connectivity index (χ3n) is 3.75. The molecule has 0 N–H and O–H groups in total. The Morgan fingerprint density at radius 3 is 1.86 bits per heavy atom. The van der Waals surface area contributed by atoms with Crippen molar-refractivity contribution in [3.8, 4) is 16.9 Å². The van der Waals surface area contributed by atoms with Crippen LogP contribution in [0.5, 0.6) is 5.75 Å². The Bertz CT molecular complexity index is 1010. The molecule has 0 fully saturated rings. The minimum absolute atomic E-state index is 0.163. The van der Waals surface area contributed by atoms with Gasteiger partial charge in [0.15, 0.2) is 29.1 Å². The van der Waals surface area contributed by atoms with E-state index in [0.29, 0.717) is 10.5 Å². The number of rotatable bonds is 4. The normalized spacial score (nSPS) is 11.6. The molecule has 0 aliphatic rings. The van der Waals surface area contributed by atoms with Gasteiger partial charge in [-0.2, -0.15) is 8.78 Å². The van der Waals surface area contributed by atoms with Gasteiger partial charge in [-0.05, 0) is 23.8 Å². The van der Waals surface area contributed by atoms with Crippen molar-refractivity contribution in [3.05, 3.63) is 87.7 Å². The molecule has 3 aromatic rings. The predicted octanol–water partition coefficient (Wildman–Crippen LogP) is 6.94. The second-order valence-electron chi connectivity index (χ2n) is 5.62. The van der Waals surface area contributed by atoms with Gasteiger partial charge < -0.3 is 4.74 Å². The standard InChI is InChI=1S/C19H8BrF7O/c20-10-3-1-9(2-4-10)12-5-6-13(17(24)16(12)23)19(26,27)28-11-7-14(21)18(25)15(22)8-11/h1-8H. The van der Waals surface area contributed by atoms with Gasteiger partial charge in [0.25, 0.3) is 0 Å². The number of hydrogen-bond acceptors (Lipinski definition) is 1. The molecule has 9 heteroatoms. The molecule has 1 nitrogen and oxygen atoms in total. The minimum Gasteiger partial charge on any atom is -0.429 e. The van der Waals surface area contributed by atoms with Gasteiger partial charge in [0.2, 0.25) is 0 Å². The summed E-state index contributed by atoms with van der Waals surface area (Å²) in [4.78, 5) is 0. The molecule has 0 spiro atoms. The van der Waals surface area contributed by atoms with Crippen molar-refractivity contribution in [1.29, 1.82) is 0 Å². The molecule has 0 atom stereocenters. The van der Waals surface area contributed by atoms with Crippen LogP contribution < -0.4 is 4.74 Å². The van der Waals surface area contributed by atoms with Crippen LogP contribution in [0.25, 0.3) is 11.1 Å². The number of ether oxygens (including phenoxy) is 1. The first-order chi connectivity index (χ1) is 13.1. The van der Waals surface area contributed by atoms with E-state index in [-0.39, 0.29) is 23.3 Å². The summed E-state index contributed by atoms with van der Waals surface area (Å²) in [6.45, 7) is 0. The smallest absolute Gasteiger partial charge is 0.429 e. The van der Waals surface area contributed by atoms with Crippen molar-refractivity contribution < 1.29 is 35.5 Å². The van der Waals surface area contributed by atoms with E-state index in [2.05, 4.69) is 20.7 Å². The Labute approximate surface area is 162 Å². The molecular weight excluding hydrogens is 457 g/mol. The number of halogens is 8. The van der Waals surface area contributed by atoms with Crippen molar-refractivity contribution >= 4 is 15.9 Å². The first-order valence-corrected chi connectivity index (χ1v) is 8.35. The third kappa shape index (κ3) is 3.84. The molecule has 146 valence electrons. The van der Waals surface area contributed by atoms with Gasteiger partial charge in [-0.3, -0.25) is 0 Å². The first kappa shape index (κ1) is 20.2. The summed E-state index contributed by atoms with van der Waals surface area (Å²) in [7, 11) is 0. The molecule has 0 saturated heterocycles. The van der Waals surface area contributed by atoms with E-state index in [1.165, 1.54) is 12.1 Å². The second-order valence-corrected chi connectivity index (χ2v) is 6.53. The molecule has 0 aliphatic heterocycles. The van der Waals surface area contributed by atoms with E-state index < -0.39 is 46.5 Å². The minimum atomic E-state index is -4.49. The average molecular weight is 465 g/mol. The monoisotopic (exact) mass is 464 g/mol. The maximum absolute atomic E-state index is 14.4. The van der Waals surface area contributed by atoms with Crippen LogP contribution in [0.3, 0.4) is 0 Å². The zero-order valence-electron chi connectivity index (χ0n) is 13.6. The van der Waals surface area contributed by atoms with Gasteiger partial charge >= 0.3 is 6.11 Å². The molecule has 3 rings (SSSR count). The molecule has 0 aromatic heterocycles. The van der Waals surface area contributed by atoms with Crippen LogP contribution in [0, 0.1) is 29.1 Å². The second kappa shape index (κ2) is 7.46. The Morgan fingerprint density at radius 1 is 0.714 bits per heavy atom. The summed E-state index contributed by atoms with van der Waals surface area (Å²) in [5, 5.41) is 0. The van der Waals surface area contributed by atoms with Crippen molar-refractivity contribution in [3.63, 3.8) is 0 Å². The van der Waals surface area contributed by atoms with Gasteiger partial charge in [0.05, 0.1) is 0 Å². The van der Waals surface area contributed by atoms with Crippen molar-refractivity contribution in [1.82, 2.24) is 0 Å². The van der Waals surface area contributed by atoms with Gasteiger partial charge in [0.1, 0.15) is 11.3 Å². The quantitative estimate of drug-likeness (QED) is 0.300. The van der Waals surface area contributed by atoms with E-state index in [1.807, 2.05) is 0 Å². The van der Waals surface area contributed by atoms with Crippen molar-refractivity contribution in [2.45, 2.75) is 6.11 Å². The molecule has 3 aromatic carbocycles. The van der Waals surface area contributed by atoms with Crippen LogP contribution in [-0.4, -0.2) is 0 Å². The number of hydrogen-bond donors (Lipinski definition) is 0. The summed E-state index contributed by atoms with van der Waals surface area (Å²) in [6, 6.07) is 7.83. The Hall–Kier alpha value is -2.55. The maximum Gasteiger partial charge on any atom is 0.429 e. The molecule has 0 aliphatic carbocycles. The van der Waals surface area contributed by atoms with E-state index in [0.717, 1.165) is 6.07 Å². The maximum atomic E-state index is 14.4. The topological polar surface area (TPSA) is 9.23 Å².